The van der Waals surface area contributed by atoms with Crippen LogP contribution in [0.5, 0.6) is 0 Å². The Morgan fingerprint density at radius 3 is 3.04 bits per heavy atom. The number of benzene rings is 1. The molecule has 9 heteroatoms. The van der Waals surface area contributed by atoms with Crippen LogP contribution < -0.4 is 10.6 Å². The van der Waals surface area contributed by atoms with Crippen LogP contribution in [0.2, 0.25) is 0 Å². The van der Waals surface area contributed by atoms with E-state index in [2.05, 4.69) is 30.8 Å². The minimum Gasteiger partial charge on any atom is -0.465 e. The monoisotopic (exact) mass is 340 g/mol. The van der Waals surface area contributed by atoms with Crippen LogP contribution in [0.3, 0.4) is 0 Å². The summed E-state index contributed by atoms with van der Waals surface area (Å²) < 4.78 is 4.75. The van der Waals surface area contributed by atoms with Gasteiger partial charge in [0.2, 0.25) is 5.95 Å². The largest absolute Gasteiger partial charge is 0.465 e. The lowest BCUT2D eigenvalue weighted by molar-refractivity contribution is 0.0602. The van der Waals surface area contributed by atoms with Gasteiger partial charge in [0.25, 0.3) is 5.91 Å². The molecule has 0 fully saturated rings. The fourth-order valence-electron chi connectivity index (χ4n) is 2.95. The molecule has 1 aliphatic heterocycles. The van der Waals surface area contributed by atoms with E-state index in [1.54, 1.807) is 18.2 Å². The van der Waals surface area contributed by atoms with Crippen molar-refractivity contribution in [3.63, 3.8) is 0 Å². The number of hydrogen-bond donors (Lipinski definition) is 4. The zero-order chi connectivity index (χ0) is 17.4. The van der Waals surface area contributed by atoms with Crippen LogP contribution >= 0.6 is 0 Å². The number of nitrogens with one attached hydrogen (secondary N) is 4. The van der Waals surface area contributed by atoms with E-state index >= 15 is 0 Å². The van der Waals surface area contributed by atoms with Gasteiger partial charge in [-0.3, -0.25) is 15.2 Å². The highest BCUT2D eigenvalue weighted by Gasteiger charge is 2.22. The summed E-state index contributed by atoms with van der Waals surface area (Å²) in [6.07, 6.45) is 0.808. The van der Waals surface area contributed by atoms with Gasteiger partial charge in [0, 0.05) is 30.8 Å². The molecule has 3 heterocycles. The minimum atomic E-state index is -0.484. The number of rotatable bonds is 3. The number of para-hydroxylation sites is 1. The zero-order valence-corrected chi connectivity index (χ0v) is 13.5. The molecule has 25 heavy (non-hydrogen) atoms. The van der Waals surface area contributed by atoms with Gasteiger partial charge in [0.1, 0.15) is 5.52 Å². The lowest BCUT2D eigenvalue weighted by Gasteiger charge is -2.12. The second-order valence-electron chi connectivity index (χ2n) is 5.69. The number of methoxy groups -OCH3 is 1. The molecule has 0 bridgehead atoms. The van der Waals surface area contributed by atoms with E-state index in [9.17, 15) is 9.59 Å². The van der Waals surface area contributed by atoms with E-state index in [-0.39, 0.29) is 11.9 Å². The van der Waals surface area contributed by atoms with Crippen molar-refractivity contribution in [3.05, 3.63) is 40.7 Å². The third-order valence-electron chi connectivity index (χ3n) is 4.17. The molecule has 0 aliphatic carbocycles. The summed E-state index contributed by atoms with van der Waals surface area (Å²) in [5, 5.41) is 12.9. The lowest BCUT2D eigenvalue weighted by atomic mass is 10.1. The summed E-state index contributed by atoms with van der Waals surface area (Å²) in [6, 6.07) is 5.11. The van der Waals surface area contributed by atoms with Crippen LogP contribution in [-0.4, -0.2) is 45.7 Å². The molecular formula is C16H16N6O3. The number of carbonyl (C=O) groups is 2. The van der Waals surface area contributed by atoms with Crippen molar-refractivity contribution in [2.75, 3.05) is 19.0 Å². The van der Waals surface area contributed by atoms with Crippen LogP contribution in [0.15, 0.2) is 18.2 Å². The number of esters is 1. The quantitative estimate of drug-likeness (QED) is 0.527. The molecule has 128 valence electrons. The standard InChI is InChI=1S/C16H16N6O3/c1-25-15(24)8-3-2-4-11-12(8)19-16(18-11)20-14(23)13-9-7-17-6-5-10(9)21-22-13/h2-4,17H,5-7H2,1H3,(H,21,22)(H2,18,19,20,23). The Morgan fingerprint density at radius 1 is 1.32 bits per heavy atom. The maximum Gasteiger partial charge on any atom is 0.340 e. The molecule has 4 rings (SSSR count). The van der Waals surface area contributed by atoms with Gasteiger partial charge in [-0.05, 0) is 12.1 Å². The predicted octanol–water partition coefficient (Wildman–Crippen LogP) is 0.971. The molecule has 1 aromatic carbocycles. The maximum absolute atomic E-state index is 12.5. The Labute approximate surface area is 142 Å². The van der Waals surface area contributed by atoms with Gasteiger partial charge < -0.3 is 15.0 Å². The number of anilines is 1. The fourth-order valence-corrected chi connectivity index (χ4v) is 2.95. The van der Waals surface area contributed by atoms with Gasteiger partial charge in [-0.1, -0.05) is 6.07 Å². The topological polar surface area (TPSA) is 125 Å². The van der Waals surface area contributed by atoms with Crippen LogP contribution in [0.25, 0.3) is 11.0 Å². The summed E-state index contributed by atoms with van der Waals surface area (Å²) in [6.45, 7) is 1.46. The van der Waals surface area contributed by atoms with Gasteiger partial charge in [0.05, 0.1) is 18.2 Å². The van der Waals surface area contributed by atoms with Crippen molar-refractivity contribution in [1.29, 1.82) is 0 Å². The van der Waals surface area contributed by atoms with E-state index in [1.165, 1.54) is 7.11 Å². The van der Waals surface area contributed by atoms with Crippen molar-refractivity contribution in [3.8, 4) is 0 Å². The molecular weight excluding hydrogens is 324 g/mol. The SMILES string of the molecule is COC(=O)c1cccc2[nH]c(NC(=O)c3n[nH]c4c3CNCC4)nc12. The summed E-state index contributed by atoms with van der Waals surface area (Å²) in [5.74, 6) is -0.598. The van der Waals surface area contributed by atoms with Gasteiger partial charge in [-0.25, -0.2) is 9.78 Å². The van der Waals surface area contributed by atoms with Crippen molar-refractivity contribution in [2.24, 2.45) is 0 Å². The lowest BCUT2D eigenvalue weighted by Crippen LogP contribution is -2.25. The average Bonchev–Trinajstić information content (AvgIpc) is 3.24. The highest BCUT2D eigenvalue weighted by molar-refractivity contribution is 6.05. The number of nitrogens with zero attached hydrogens (tertiary/aromatic N) is 2. The first-order valence-corrected chi connectivity index (χ1v) is 7.82. The highest BCUT2D eigenvalue weighted by atomic mass is 16.5. The Morgan fingerprint density at radius 2 is 2.20 bits per heavy atom. The van der Waals surface area contributed by atoms with Crippen molar-refractivity contribution in [1.82, 2.24) is 25.5 Å². The van der Waals surface area contributed by atoms with E-state index < -0.39 is 5.97 Å². The van der Waals surface area contributed by atoms with Gasteiger partial charge in [-0.2, -0.15) is 5.10 Å². The number of aromatic amines is 2. The van der Waals surface area contributed by atoms with E-state index in [0.29, 0.717) is 28.8 Å². The molecule has 0 radical (unpaired) electrons. The third kappa shape index (κ3) is 2.64. The summed E-state index contributed by atoms with van der Waals surface area (Å²) >= 11 is 0. The summed E-state index contributed by atoms with van der Waals surface area (Å²) in [4.78, 5) is 31.6. The summed E-state index contributed by atoms with van der Waals surface area (Å²) in [5.41, 5.74) is 3.59. The van der Waals surface area contributed by atoms with E-state index in [0.717, 1.165) is 24.2 Å². The zero-order valence-electron chi connectivity index (χ0n) is 13.5. The molecule has 1 amide bonds. The van der Waals surface area contributed by atoms with Gasteiger partial charge in [0.15, 0.2) is 5.69 Å². The molecule has 0 unspecified atom stereocenters. The number of ether oxygens (including phenoxy) is 1. The van der Waals surface area contributed by atoms with E-state index in [1.807, 2.05) is 0 Å². The number of H-pyrrole nitrogens is 2. The first-order valence-electron chi connectivity index (χ1n) is 7.82. The minimum absolute atomic E-state index is 0.247. The van der Waals surface area contributed by atoms with Crippen molar-refractivity contribution >= 4 is 28.9 Å². The second-order valence-corrected chi connectivity index (χ2v) is 5.69. The molecule has 0 saturated heterocycles. The number of imidazole rings is 1. The molecule has 0 spiro atoms. The number of amides is 1. The Kier molecular flexibility index (Phi) is 3.69. The smallest absolute Gasteiger partial charge is 0.340 e. The molecule has 0 atom stereocenters. The van der Waals surface area contributed by atoms with Gasteiger partial charge >= 0.3 is 5.97 Å². The first-order chi connectivity index (χ1) is 12.2. The molecule has 9 nitrogen and oxygen atoms in total. The highest BCUT2D eigenvalue weighted by Crippen LogP contribution is 2.21. The predicted molar refractivity (Wildman–Crippen MR) is 89.4 cm³/mol. The van der Waals surface area contributed by atoms with E-state index in [4.69, 9.17) is 4.74 Å². The third-order valence-corrected chi connectivity index (χ3v) is 4.17. The number of aromatic nitrogens is 4. The number of carbonyl (C=O) groups excluding carboxylic acids is 2. The summed E-state index contributed by atoms with van der Waals surface area (Å²) in [7, 11) is 1.31. The van der Waals surface area contributed by atoms with Crippen LogP contribution in [0.4, 0.5) is 5.95 Å². The second kappa shape index (κ2) is 6.02. The maximum atomic E-state index is 12.5. The van der Waals surface area contributed by atoms with Gasteiger partial charge in [-0.15, -0.1) is 0 Å². The van der Waals surface area contributed by atoms with Crippen LogP contribution in [0, 0.1) is 0 Å². The number of hydrogen-bond acceptors (Lipinski definition) is 6. The Balaban J connectivity index is 1.64. The number of fused-ring (bicyclic) bond motifs is 2. The van der Waals surface area contributed by atoms with Crippen LogP contribution in [0.1, 0.15) is 32.1 Å². The normalized spacial score (nSPS) is 13.5. The fraction of sp³-hybridized carbons (Fsp3) is 0.250. The molecule has 4 N–H and O–H groups in total. The van der Waals surface area contributed by atoms with Crippen LogP contribution in [-0.2, 0) is 17.7 Å². The van der Waals surface area contributed by atoms with Crippen molar-refractivity contribution in [2.45, 2.75) is 13.0 Å². The first kappa shape index (κ1) is 15.3. The molecule has 0 saturated carbocycles. The molecule has 3 aromatic rings. The average molecular weight is 340 g/mol. The van der Waals surface area contributed by atoms with Crippen molar-refractivity contribution < 1.29 is 14.3 Å². The Bertz CT molecular complexity index is 974. The Hall–Kier alpha value is -3.20. The molecule has 1 aliphatic rings. The molecule has 2 aromatic heterocycles.